The molecule has 1 aliphatic carbocycles. The zero-order valence-corrected chi connectivity index (χ0v) is 19.7. The quantitative estimate of drug-likeness (QED) is 0.206. The third-order valence-electron chi connectivity index (χ3n) is 7.31. The van der Waals surface area contributed by atoms with Crippen molar-refractivity contribution < 1.29 is 28.8 Å². The van der Waals surface area contributed by atoms with Crippen molar-refractivity contribution in [1.82, 2.24) is 0 Å². The second-order valence-electron chi connectivity index (χ2n) is 9.74. The van der Waals surface area contributed by atoms with E-state index in [1.54, 1.807) is 18.2 Å². The van der Waals surface area contributed by atoms with E-state index in [0.717, 1.165) is 6.42 Å². The van der Waals surface area contributed by atoms with Gasteiger partial charge in [-0.15, -0.1) is 0 Å². The molecule has 186 valence electrons. The monoisotopic (exact) mass is 491 g/mol. The Morgan fingerprint density at radius 1 is 1.00 bits per heavy atom. The van der Waals surface area contributed by atoms with Gasteiger partial charge in [-0.25, -0.2) is 4.90 Å². The Balaban J connectivity index is 1.27. The number of carbonyl (C=O) groups is 4. The van der Waals surface area contributed by atoms with Crippen LogP contribution in [0.1, 0.15) is 32.6 Å². The first kappa shape index (κ1) is 23.7. The maximum atomic E-state index is 13.0. The molecule has 4 atom stereocenters. The molecule has 0 radical (unpaired) electrons. The Morgan fingerprint density at radius 3 is 2.44 bits per heavy atom. The number of rotatable bonds is 5. The van der Waals surface area contributed by atoms with Crippen LogP contribution in [0.15, 0.2) is 48.5 Å². The SMILES string of the molecule is C[C@@H]1CC[C@@H]2C(=O)N(c3cccc(OC(=O)[C@@H]4CC(=O)N(c5ccc([N+](=O)[O-])cc5)C4)c3)C(=O)[C@H]2C1. The largest absolute Gasteiger partial charge is 0.426 e. The van der Waals surface area contributed by atoms with Crippen LogP contribution >= 0.6 is 0 Å². The smallest absolute Gasteiger partial charge is 0.316 e. The first-order valence-electron chi connectivity index (χ1n) is 12.0. The standard InChI is InChI=1S/C26H25N3O7/c1-15-5-10-21-22(11-15)25(32)28(24(21)31)19-3-2-4-20(13-19)36-26(33)16-12-23(30)27(14-16)17-6-8-18(9-7-17)29(34)35/h2-4,6-9,13,15-16,21-22H,5,10-12,14H2,1H3/t15-,16-,21+,22+/m1/s1. The molecular formula is C26H25N3O7. The van der Waals surface area contributed by atoms with E-state index in [0.29, 0.717) is 30.1 Å². The van der Waals surface area contributed by atoms with Gasteiger partial charge in [-0.2, -0.15) is 0 Å². The zero-order valence-electron chi connectivity index (χ0n) is 19.7. The maximum absolute atomic E-state index is 13.0. The van der Waals surface area contributed by atoms with E-state index in [1.807, 2.05) is 0 Å². The molecule has 0 N–H and O–H groups in total. The number of esters is 1. The van der Waals surface area contributed by atoms with E-state index >= 15 is 0 Å². The van der Waals surface area contributed by atoms with E-state index in [4.69, 9.17) is 4.74 Å². The van der Waals surface area contributed by atoms with E-state index < -0.39 is 16.8 Å². The van der Waals surface area contributed by atoms with Crippen LogP contribution in [0.2, 0.25) is 0 Å². The molecule has 3 fully saturated rings. The molecule has 2 heterocycles. The highest BCUT2D eigenvalue weighted by molar-refractivity contribution is 6.22. The van der Waals surface area contributed by atoms with Crippen LogP contribution in [-0.2, 0) is 19.2 Å². The number of ether oxygens (including phenoxy) is 1. The number of benzene rings is 2. The van der Waals surface area contributed by atoms with Crippen molar-refractivity contribution in [2.75, 3.05) is 16.3 Å². The molecule has 2 saturated heterocycles. The summed E-state index contributed by atoms with van der Waals surface area (Å²) in [5.41, 5.74) is 0.738. The summed E-state index contributed by atoms with van der Waals surface area (Å²) in [6.07, 6.45) is 2.26. The third kappa shape index (κ3) is 4.23. The molecule has 10 heteroatoms. The van der Waals surface area contributed by atoms with Crippen LogP contribution in [0.5, 0.6) is 5.75 Å². The van der Waals surface area contributed by atoms with Crippen molar-refractivity contribution >= 4 is 40.8 Å². The Hall–Kier alpha value is -4.08. The average molecular weight is 492 g/mol. The third-order valence-corrected chi connectivity index (χ3v) is 7.31. The predicted octanol–water partition coefficient (Wildman–Crippen LogP) is 3.48. The van der Waals surface area contributed by atoms with Crippen molar-refractivity contribution in [1.29, 1.82) is 0 Å². The van der Waals surface area contributed by atoms with Crippen molar-refractivity contribution in [2.45, 2.75) is 32.6 Å². The summed E-state index contributed by atoms with van der Waals surface area (Å²) in [6, 6.07) is 11.9. The molecule has 2 aliphatic heterocycles. The number of non-ortho nitro benzene ring substituents is 1. The van der Waals surface area contributed by atoms with Gasteiger partial charge in [0.15, 0.2) is 0 Å². The Morgan fingerprint density at radius 2 is 1.72 bits per heavy atom. The first-order chi connectivity index (χ1) is 17.2. The topological polar surface area (TPSA) is 127 Å². The van der Waals surface area contributed by atoms with E-state index in [9.17, 15) is 29.3 Å². The minimum atomic E-state index is -0.726. The molecule has 3 aliphatic rings. The number of amides is 3. The van der Waals surface area contributed by atoms with Crippen LogP contribution in [0.25, 0.3) is 0 Å². The van der Waals surface area contributed by atoms with Crippen molar-refractivity contribution in [2.24, 2.45) is 23.7 Å². The molecule has 10 nitrogen and oxygen atoms in total. The molecule has 2 aromatic rings. The second kappa shape index (κ2) is 9.18. The fraction of sp³-hybridized carbons (Fsp3) is 0.385. The van der Waals surface area contributed by atoms with Crippen LogP contribution < -0.4 is 14.5 Å². The summed E-state index contributed by atoms with van der Waals surface area (Å²) < 4.78 is 5.53. The minimum absolute atomic E-state index is 0.0554. The minimum Gasteiger partial charge on any atom is -0.426 e. The van der Waals surface area contributed by atoms with Gasteiger partial charge in [-0.1, -0.05) is 13.0 Å². The van der Waals surface area contributed by atoms with Crippen LogP contribution in [0.3, 0.4) is 0 Å². The number of anilines is 2. The van der Waals surface area contributed by atoms with E-state index in [2.05, 4.69) is 6.92 Å². The number of fused-ring (bicyclic) bond motifs is 1. The Labute approximate surface area is 207 Å². The number of carbonyl (C=O) groups excluding carboxylic acids is 4. The average Bonchev–Trinajstić information content (AvgIpc) is 3.36. The first-order valence-corrected chi connectivity index (χ1v) is 12.0. The van der Waals surface area contributed by atoms with Gasteiger partial charge in [-0.05, 0) is 49.4 Å². The molecule has 36 heavy (non-hydrogen) atoms. The molecule has 0 unspecified atom stereocenters. The predicted molar refractivity (Wildman–Crippen MR) is 128 cm³/mol. The molecule has 0 bridgehead atoms. The number of nitro groups is 1. The highest BCUT2D eigenvalue weighted by atomic mass is 16.6. The number of imide groups is 1. The summed E-state index contributed by atoms with van der Waals surface area (Å²) >= 11 is 0. The normalized spacial score (nSPS) is 25.8. The summed E-state index contributed by atoms with van der Waals surface area (Å²) in [6.45, 7) is 2.17. The Kier molecular flexibility index (Phi) is 6.03. The summed E-state index contributed by atoms with van der Waals surface area (Å²) in [5, 5.41) is 10.9. The molecule has 5 rings (SSSR count). The fourth-order valence-corrected chi connectivity index (χ4v) is 5.40. The van der Waals surface area contributed by atoms with Crippen molar-refractivity contribution in [3.8, 4) is 5.75 Å². The number of hydrogen-bond acceptors (Lipinski definition) is 7. The zero-order chi connectivity index (χ0) is 25.6. The maximum Gasteiger partial charge on any atom is 0.316 e. The van der Waals surface area contributed by atoms with Gasteiger partial charge in [0.05, 0.1) is 28.4 Å². The number of hydrogen-bond donors (Lipinski definition) is 0. The van der Waals surface area contributed by atoms with Gasteiger partial charge in [-0.3, -0.25) is 29.3 Å². The van der Waals surface area contributed by atoms with Gasteiger partial charge in [0, 0.05) is 36.9 Å². The molecule has 1 saturated carbocycles. The molecule has 2 aromatic carbocycles. The molecular weight excluding hydrogens is 466 g/mol. The number of nitrogens with zero attached hydrogens (tertiary/aromatic N) is 3. The molecule has 3 amide bonds. The Bertz CT molecular complexity index is 1260. The van der Waals surface area contributed by atoms with Gasteiger partial charge in [0.1, 0.15) is 5.75 Å². The van der Waals surface area contributed by atoms with Crippen LogP contribution in [-0.4, -0.2) is 35.2 Å². The number of nitro benzene ring substituents is 1. The van der Waals surface area contributed by atoms with Gasteiger partial charge < -0.3 is 9.64 Å². The fourth-order valence-electron chi connectivity index (χ4n) is 5.40. The van der Waals surface area contributed by atoms with Crippen LogP contribution in [0.4, 0.5) is 17.1 Å². The molecule has 0 aromatic heterocycles. The molecule has 0 spiro atoms. The van der Waals surface area contributed by atoms with Gasteiger partial charge in [0.2, 0.25) is 17.7 Å². The van der Waals surface area contributed by atoms with Crippen molar-refractivity contribution in [3.63, 3.8) is 0 Å². The lowest BCUT2D eigenvalue weighted by atomic mass is 9.76. The van der Waals surface area contributed by atoms with Gasteiger partial charge >= 0.3 is 5.97 Å². The second-order valence-corrected chi connectivity index (χ2v) is 9.74. The lowest BCUT2D eigenvalue weighted by Crippen LogP contribution is -2.31. The highest BCUT2D eigenvalue weighted by Crippen LogP contribution is 2.42. The van der Waals surface area contributed by atoms with Gasteiger partial charge in [0.25, 0.3) is 5.69 Å². The van der Waals surface area contributed by atoms with E-state index in [-0.39, 0.29) is 54.0 Å². The summed E-state index contributed by atoms with van der Waals surface area (Å²) in [5.74, 6) is -2.05. The summed E-state index contributed by atoms with van der Waals surface area (Å²) in [7, 11) is 0. The van der Waals surface area contributed by atoms with Crippen molar-refractivity contribution in [3.05, 3.63) is 58.6 Å². The lowest BCUT2D eigenvalue weighted by Gasteiger charge is -2.25. The highest BCUT2D eigenvalue weighted by Gasteiger charge is 2.50. The van der Waals surface area contributed by atoms with Crippen LogP contribution in [0, 0.1) is 33.8 Å². The lowest BCUT2D eigenvalue weighted by molar-refractivity contribution is -0.384. The van der Waals surface area contributed by atoms with E-state index in [1.165, 1.54) is 40.1 Å². The summed E-state index contributed by atoms with van der Waals surface area (Å²) in [4.78, 5) is 64.3.